The number of carbonyl (C=O) groups is 2. The molecule has 130 valence electrons. The number of thioether (sulfide) groups is 1. The van der Waals surface area contributed by atoms with Crippen molar-refractivity contribution in [1.82, 2.24) is 9.88 Å². The van der Waals surface area contributed by atoms with Crippen LogP contribution in [0.25, 0.3) is 10.9 Å². The Kier molecular flexibility index (Phi) is 5.84. The third-order valence-corrected chi connectivity index (χ3v) is 5.10. The number of halogens is 1. The second-order valence-electron chi connectivity index (χ2n) is 5.44. The smallest absolute Gasteiger partial charge is 0.414 e. The number of fused-ring (bicyclic) bond motifs is 3. The van der Waals surface area contributed by atoms with Crippen LogP contribution >= 0.6 is 11.8 Å². The second-order valence-corrected chi connectivity index (χ2v) is 6.52. The van der Waals surface area contributed by atoms with E-state index in [0.29, 0.717) is 5.92 Å². The number of benzene rings is 1. The Morgan fingerprint density at radius 3 is 2.62 bits per heavy atom. The Morgan fingerprint density at radius 2 is 2.04 bits per heavy atom. The summed E-state index contributed by atoms with van der Waals surface area (Å²) in [7, 11) is 4.06. The van der Waals surface area contributed by atoms with Gasteiger partial charge in [-0.15, -0.1) is 11.8 Å². The Morgan fingerprint density at radius 1 is 1.38 bits per heavy atom. The van der Waals surface area contributed by atoms with E-state index < -0.39 is 11.9 Å². The molecule has 0 saturated heterocycles. The number of carboxylic acid groups (broad SMARTS) is 2. The van der Waals surface area contributed by atoms with Gasteiger partial charge in [0.25, 0.3) is 0 Å². The fraction of sp³-hybridized carbons (Fsp3) is 0.375. The third-order valence-electron chi connectivity index (χ3n) is 3.89. The van der Waals surface area contributed by atoms with Crippen LogP contribution in [0.5, 0.6) is 0 Å². The summed E-state index contributed by atoms with van der Waals surface area (Å²) < 4.78 is 15.7. The maximum absolute atomic E-state index is 13.5. The summed E-state index contributed by atoms with van der Waals surface area (Å²) >= 11 is 1.89. The molecule has 0 bridgehead atoms. The zero-order valence-corrected chi connectivity index (χ0v) is 14.2. The van der Waals surface area contributed by atoms with Crippen molar-refractivity contribution in [3.63, 3.8) is 0 Å². The molecule has 2 aromatic rings. The lowest BCUT2D eigenvalue weighted by Crippen LogP contribution is -2.20. The normalized spacial score (nSPS) is 16.2. The van der Waals surface area contributed by atoms with Gasteiger partial charge in [-0.2, -0.15) is 0 Å². The molecule has 1 aromatic heterocycles. The number of nitrogens with one attached hydrogen (secondary N) is 1. The van der Waals surface area contributed by atoms with Crippen molar-refractivity contribution < 1.29 is 24.2 Å². The van der Waals surface area contributed by atoms with E-state index in [1.807, 2.05) is 24.9 Å². The third kappa shape index (κ3) is 3.70. The number of rotatable bonds is 2. The number of nitrogens with zero attached hydrogens (tertiary/aromatic N) is 1. The van der Waals surface area contributed by atoms with E-state index in [1.165, 1.54) is 10.6 Å². The lowest BCUT2D eigenvalue weighted by molar-refractivity contribution is -0.159. The van der Waals surface area contributed by atoms with Crippen LogP contribution in [0.2, 0.25) is 0 Å². The van der Waals surface area contributed by atoms with Crippen molar-refractivity contribution in [1.29, 1.82) is 0 Å². The van der Waals surface area contributed by atoms with Crippen molar-refractivity contribution in [2.75, 3.05) is 19.3 Å². The predicted octanol–water partition coefficient (Wildman–Crippen LogP) is 2.27. The largest absolute Gasteiger partial charge is 0.473 e. The van der Waals surface area contributed by atoms with Gasteiger partial charge in [0.1, 0.15) is 5.82 Å². The fourth-order valence-corrected chi connectivity index (χ4v) is 4.20. The predicted molar refractivity (Wildman–Crippen MR) is 90.2 cm³/mol. The van der Waals surface area contributed by atoms with Crippen LogP contribution in [-0.4, -0.2) is 46.1 Å². The van der Waals surface area contributed by atoms with E-state index in [2.05, 4.69) is 16.9 Å². The fourth-order valence-electron chi connectivity index (χ4n) is 2.88. The molecule has 0 saturated carbocycles. The summed E-state index contributed by atoms with van der Waals surface area (Å²) in [6.45, 7) is 0.961. The first-order valence-electron chi connectivity index (χ1n) is 7.38. The van der Waals surface area contributed by atoms with E-state index in [9.17, 15) is 4.39 Å². The summed E-state index contributed by atoms with van der Waals surface area (Å²) in [6.07, 6.45) is 1.16. The average molecular weight is 354 g/mol. The first-order chi connectivity index (χ1) is 11.4. The summed E-state index contributed by atoms with van der Waals surface area (Å²) in [5.74, 6) is -2.15. The zero-order valence-electron chi connectivity index (χ0n) is 13.4. The van der Waals surface area contributed by atoms with Crippen LogP contribution in [0, 0.1) is 5.82 Å². The minimum absolute atomic E-state index is 0.144. The van der Waals surface area contributed by atoms with Gasteiger partial charge in [-0.3, -0.25) is 0 Å². The highest BCUT2D eigenvalue weighted by Crippen LogP contribution is 2.43. The van der Waals surface area contributed by atoms with Crippen LogP contribution in [0.3, 0.4) is 0 Å². The quantitative estimate of drug-likeness (QED) is 0.717. The van der Waals surface area contributed by atoms with Crippen molar-refractivity contribution in [3.8, 4) is 0 Å². The molecule has 0 radical (unpaired) electrons. The Labute approximate surface area is 142 Å². The number of likely N-dealkylation sites (N-methyl/N-ethyl adjacent to an activating group) is 1. The molecular weight excluding hydrogens is 335 g/mol. The number of aliphatic carboxylic acids is 2. The van der Waals surface area contributed by atoms with Gasteiger partial charge >= 0.3 is 11.9 Å². The molecule has 3 N–H and O–H groups in total. The SMILES string of the molecule is CNCC1CCSc2c1c1cc(F)ccc1n2C.O=C(O)C(=O)O. The zero-order chi connectivity index (χ0) is 17.9. The number of aryl methyl sites for hydroxylation is 1. The van der Waals surface area contributed by atoms with Crippen LogP contribution in [0.15, 0.2) is 23.2 Å². The molecule has 1 aromatic carbocycles. The maximum Gasteiger partial charge on any atom is 0.414 e. The highest BCUT2D eigenvalue weighted by Gasteiger charge is 2.26. The van der Waals surface area contributed by atoms with Crippen LogP contribution in [0.4, 0.5) is 4.39 Å². The Balaban J connectivity index is 0.000000301. The first kappa shape index (κ1) is 18.3. The van der Waals surface area contributed by atoms with Crippen LogP contribution in [0.1, 0.15) is 17.9 Å². The lowest BCUT2D eigenvalue weighted by atomic mass is 9.95. The van der Waals surface area contributed by atoms with Crippen molar-refractivity contribution in [2.45, 2.75) is 17.4 Å². The number of hydrogen-bond acceptors (Lipinski definition) is 4. The van der Waals surface area contributed by atoms with E-state index in [1.54, 1.807) is 12.1 Å². The molecule has 0 fully saturated rings. The van der Waals surface area contributed by atoms with Gasteiger partial charge in [0, 0.05) is 36.2 Å². The summed E-state index contributed by atoms with van der Waals surface area (Å²) in [5, 5.41) is 20.4. The molecule has 6 nitrogen and oxygen atoms in total. The number of hydrogen-bond donors (Lipinski definition) is 3. The summed E-state index contributed by atoms with van der Waals surface area (Å²) in [4.78, 5) is 18.2. The van der Waals surface area contributed by atoms with Crippen molar-refractivity contribution >= 4 is 34.6 Å². The Hall–Kier alpha value is -2.06. The van der Waals surface area contributed by atoms with Gasteiger partial charge in [0.15, 0.2) is 0 Å². The lowest BCUT2D eigenvalue weighted by Gasteiger charge is -2.23. The molecule has 1 aliphatic rings. The Bertz CT molecular complexity index is 763. The second kappa shape index (κ2) is 7.67. The van der Waals surface area contributed by atoms with Crippen molar-refractivity contribution in [3.05, 3.63) is 29.6 Å². The summed E-state index contributed by atoms with van der Waals surface area (Å²) in [6, 6.07) is 5.12. The molecular formula is C16H19FN2O4S. The minimum atomic E-state index is -1.82. The van der Waals surface area contributed by atoms with Gasteiger partial charge in [0.05, 0.1) is 5.03 Å². The number of carboxylic acids is 2. The van der Waals surface area contributed by atoms with Crippen molar-refractivity contribution in [2.24, 2.45) is 7.05 Å². The molecule has 3 rings (SSSR count). The van der Waals surface area contributed by atoms with E-state index in [0.717, 1.165) is 29.6 Å². The van der Waals surface area contributed by atoms with Crippen LogP contribution in [-0.2, 0) is 16.6 Å². The standard InChI is InChI=1S/C14H17FN2S.C2H2O4/c1-16-8-9-5-6-18-14-13(9)11-7-10(15)3-4-12(11)17(14)2;3-1(4)2(5)6/h3-4,7,9,16H,5-6,8H2,1-2H3;(H,3,4)(H,5,6). The van der Waals surface area contributed by atoms with Gasteiger partial charge in [-0.25, -0.2) is 14.0 Å². The van der Waals surface area contributed by atoms with E-state index in [4.69, 9.17) is 19.8 Å². The van der Waals surface area contributed by atoms with Gasteiger partial charge in [-0.1, -0.05) is 0 Å². The highest BCUT2D eigenvalue weighted by atomic mass is 32.2. The van der Waals surface area contributed by atoms with Gasteiger partial charge in [0.2, 0.25) is 0 Å². The molecule has 8 heteroatoms. The summed E-state index contributed by atoms with van der Waals surface area (Å²) in [5.41, 5.74) is 2.47. The molecule has 0 aliphatic carbocycles. The molecule has 2 heterocycles. The molecule has 0 amide bonds. The highest BCUT2D eigenvalue weighted by molar-refractivity contribution is 7.99. The molecule has 0 spiro atoms. The van der Waals surface area contributed by atoms with Gasteiger partial charge < -0.3 is 20.1 Å². The molecule has 1 unspecified atom stereocenters. The average Bonchev–Trinajstić information content (AvgIpc) is 2.82. The molecule has 1 atom stereocenters. The minimum Gasteiger partial charge on any atom is -0.473 e. The maximum atomic E-state index is 13.5. The topological polar surface area (TPSA) is 91.6 Å². The van der Waals surface area contributed by atoms with Crippen LogP contribution < -0.4 is 5.32 Å². The van der Waals surface area contributed by atoms with E-state index >= 15 is 0 Å². The number of aromatic nitrogens is 1. The first-order valence-corrected chi connectivity index (χ1v) is 8.36. The van der Waals surface area contributed by atoms with E-state index in [-0.39, 0.29) is 5.82 Å². The van der Waals surface area contributed by atoms with Gasteiger partial charge in [-0.05, 0) is 37.2 Å². The monoisotopic (exact) mass is 354 g/mol. The molecule has 1 aliphatic heterocycles. The molecule has 24 heavy (non-hydrogen) atoms.